The number of carbonyl (C=O) groups is 1. The van der Waals surface area contributed by atoms with Gasteiger partial charge in [0.2, 0.25) is 5.91 Å². The lowest BCUT2D eigenvalue weighted by Gasteiger charge is -2.50. The molecule has 22 heavy (non-hydrogen) atoms. The van der Waals surface area contributed by atoms with Crippen LogP contribution in [-0.4, -0.2) is 10.9 Å². The molecule has 3 saturated carbocycles. The molecule has 3 fully saturated rings. The number of aromatic nitrogens is 1. The van der Waals surface area contributed by atoms with Crippen LogP contribution in [0.4, 0.5) is 13.2 Å². The Hall–Kier alpha value is -1.59. The zero-order valence-electron chi connectivity index (χ0n) is 12.2. The van der Waals surface area contributed by atoms with Crippen molar-refractivity contribution in [3.63, 3.8) is 0 Å². The van der Waals surface area contributed by atoms with E-state index in [1.165, 1.54) is 6.07 Å². The van der Waals surface area contributed by atoms with Crippen molar-refractivity contribution in [2.24, 2.45) is 23.0 Å². The average molecular weight is 312 g/mol. The summed E-state index contributed by atoms with van der Waals surface area (Å²) in [5.41, 5.74) is 5.03. The summed E-state index contributed by atoms with van der Waals surface area (Å²) in [6.45, 7) is 0. The Morgan fingerprint density at radius 2 is 2.00 bits per heavy atom. The highest BCUT2D eigenvalue weighted by atomic mass is 19.4. The maximum absolute atomic E-state index is 12.6. The third-order valence-corrected chi connectivity index (χ3v) is 5.50. The minimum atomic E-state index is -4.37. The van der Waals surface area contributed by atoms with Gasteiger partial charge >= 0.3 is 6.18 Å². The van der Waals surface area contributed by atoms with E-state index in [1.54, 1.807) is 0 Å². The molecule has 2 N–H and O–H groups in total. The van der Waals surface area contributed by atoms with Crippen LogP contribution < -0.4 is 5.73 Å². The summed E-state index contributed by atoms with van der Waals surface area (Å²) in [5, 5.41) is 0. The van der Waals surface area contributed by atoms with Crippen molar-refractivity contribution in [2.45, 2.75) is 44.7 Å². The van der Waals surface area contributed by atoms with Crippen LogP contribution in [0.15, 0.2) is 18.3 Å². The van der Waals surface area contributed by atoms with E-state index >= 15 is 0 Å². The molecule has 1 aromatic rings. The van der Waals surface area contributed by atoms with Crippen molar-refractivity contribution in [3.05, 3.63) is 29.6 Å². The van der Waals surface area contributed by atoms with Gasteiger partial charge < -0.3 is 5.73 Å². The number of rotatable bonds is 3. The van der Waals surface area contributed by atoms with E-state index in [2.05, 4.69) is 4.98 Å². The molecule has 1 atom stereocenters. The minimum absolute atomic E-state index is 0.0988. The first-order valence-electron chi connectivity index (χ1n) is 7.63. The monoisotopic (exact) mass is 312 g/mol. The van der Waals surface area contributed by atoms with Gasteiger partial charge in [-0.05, 0) is 62.5 Å². The number of fused-ring (bicyclic) bond motifs is 3. The fourth-order valence-electron chi connectivity index (χ4n) is 4.16. The number of alkyl halides is 3. The van der Waals surface area contributed by atoms with Crippen molar-refractivity contribution in [3.8, 4) is 0 Å². The molecule has 1 aromatic heterocycles. The summed E-state index contributed by atoms with van der Waals surface area (Å²) in [6.07, 6.45) is 1.61. The quantitative estimate of drug-likeness (QED) is 0.931. The maximum Gasteiger partial charge on any atom is 0.417 e. The van der Waals surface area contributed by atoms with Gasteiger partial charge in [0.1, 0.15) is 0 Å². The second-order valence-corrected chi connectivity index (χ2v) is 6.64. The van der Waals surface area contributed by atoms with Crippen LogP contribution in [0.1, 0.15) is 43.4 Å². The van der Waals surface area contributed by atoms with Crippen molar-refractivity contribution in [1.82, 2.24) is 4.98 Å². The second kappa shape index (κ2) is 5.25. The van der Waals surface area contributed by atoms with Gasteiger partial charge in [-0.1, -0.05) is 0 Å². The Balaban J connectivity index is 1.79. The number of pyridine rings is 1. The van der Waals surface area contributed by atoms with Gasteiger partial charge in [-0.3, -0.25) is 9.78 Å². The van der Waals surface area contributed by atoms with E-state index in [9.17, 15) is 18.0 Å². The molecule has 6 heteroatoms. The average Bonchev–Trinajstić information content (AvgIpc) is 2.48. The van der Waals surface area contributed by atoms with Crippen LogP contribution in [0.2, 0.25) is 0 Å². The van der Waals surface area contributed by atoms with Gasteiger partial charge in [-0.2, -0.15) is 13.2 Å². The van der Waals surface area contributed by atoms with Gasteiger partial charge in [-0.25, -0.2) is 0 Å². The number of nitrogens with zero attached hydrogens (tertiary/aromatic N) is 1. The molecule has 1 heterocycles. The fourth-order valence-corrected chi connectivity index (χ4v) is 4.16. The first-order chi connectivity index (χ1) is 10.3. The van der Waals surface area contributed by atoms with E-state index < -0.39 is 17.2 Å². The van der Waals surface area contributed by atoms with E-state index in [-0.39, 0.29) is 11.8 Å². The summed E-state index contributed by atoms with van der Waals surface area (Å²) in [6, 6.07) is 2.47. The molecule has 0 aliphatic heterocycles. The summed E-state index contributed by atoms with van der Waals surface area (Å²) in [5.74, 6) is 0.449. The van der Waals surface area contributed by atoms with Crippen LogP contribution in [0.25, 0.3) is 0 Å². The van der Waals surface area contributed by atoms with Gasteiger partial charge in [0.05, 0.1) is 11.0 Å². The third kappa shape index (κ3) is 2.59. The summed E-state index contributed by atoms with van der Waals surface area (Å²) in [7, 11) is 0. The second-order valence-electron chi connectivity index (χ2n) is 6.64. The molecular formula is C16H19F3N2O. The van der Waals surface area contributed by atoms with Crippen molar-refractivity contribution in [1.29, 1.82) is 0 Å². The summed E-state index contributed by atoms with van der Waals surface area (Å²) < 4.78 is 37.7. The molecule has 0 radical (unpaired) electrons. The zero-order chi connectivity index (χ0) is 16.0. The van der Waals surface area contributed by atoms with Crippen molar-refractivity contribution < 1.29 is 18.0 Å². The Kier molecular flexibility index (Phi) is 3.65. The molecule has 3 aliphatic carbocycles. The number of hydrogen-bond donors (Lipinski definition) is 1. The number of carbonyl (C=O) groups excluding carboxylic acids is 1. The van der Waals surface area contributed by atoms with Gasteiger partial charge in [0.15, 0.2) is 0 Å². The van der Waals surface area contributed by atoms with Crippen molar-refractivity contribution in [2.75, 3.05) is 0 Å². The number of amides is 1. The highest BCUT2D eigenvalue weighted by Crippen LogP contribution is 2.54. The lowest BCUT2D eigenvalue weighted by molar-refractivity contribution is -0.139. The predicted octanol–water partition coefficient (Wildman–Crippen LogP) is 3.32. The van der Waals surface area contributed by atoms with E-state index in [0.29, 0.717) is 18.0 Å². The van der Waals surface area contributed by atoms with Crippen LogP contribution in [0.5, 0.6) is 0 Å². The Bertz CT molecular complexity index is 560. The number of halogens is 3. The Morgan fingerprint density at radius 1 is 1.32 bits per heavy atom. The maximum atomic E-state index is 12.6. The molecule has 2 bridgehead atoms. The summed E-state index contributed by atoms with van der Waals surface area (Å²) >= 11 is 0. The van der Waals surface area contributed by atoms with Gasteiger partial charge in [0, 0.05) is 11.9 Å². The number of nitrogens with two attached hydrogens (primary N) is 1. The van der Waals surface area contributed by atoms with E-state index in [4.69, 9.17) is 5.73 Å². The SMILES string of the molecule is NC(=O)C12CCC(CC1)CC2Cc1ccc(C(F)(F)F)cn1. The molecule has 1 unspecified atom stereocenters. The van der Waals surface area contributed by atoms with Crippen LogP contribution in [-0.2, 0) is 17.4 Å². The highest BCUT2D eigenvalue weighted by Gasteiger charge is 2.51. The molecule has 0 saturated heterocycles. The smallest absolute Gasteiger partial charge is 0.369 e. The molecule has 0 aromatic carbocycles. The third-order valence-electron chi connectivity index (χ3n) is 5.50. The van der Waals surface area contributed by atoms with Crippen LogP contribution >= 0.6 is 0 Å². The molecule has 3 aliphatic rings. The van der Waals surface area contributed by atoms with Crippen molar-refractivity contribution >= 4 is 5.91 Å². The molecule has 1 amide bonds. The molecule has 3 nitrogen and oxygen atoms in total. The lowest BCUT2D eigenvalue weighted by atomic mass is 9.54. The fraction of sp³-hybridized carbons (Fsp3) is 0.625. The van der Waals surface area contributed by atoms with Gasteiger partial charge in [-0.15, -0.1) is 0 Å². The minimum Gasteiger partial charge on any atom is -0.369 e. The summed E-state index contributed by atoms with van der Waals surface area (Å²) in [4.78, 5) is 15.9. The first-order valence-corrected chi connectivity index (χ1v) is 7.63. The molecule has 0 spiro atoms. The van der Waals surface area contributed by atoms with E-state index in [1.807, 2.05) is 0 Å². The highest BCUT2D eigenvalue weighted by molar-refractivity contribution is 5.81. The zero-order valence-corrected chi connectivity index (χ0v) is 12.2. The lowest BCUT2D eigenvalue weighted by Crippen LogP contribution is -2.51. The standard InChI is InChI=1S/C16H19F3N2O/c17-16(18,19)11-1-2-13(21-9-11)8-12-7-10-3-5-15(12,6-4-10)14(20)22/h1-2,9-10,12H,3-8H2,(H2,20,22). The van der Waals surface area contributed by atoms with Gasteiger partial charge in [0.25, 0.3) is 0 Å². The van der Waals surface area contributed by atoms with E-state index in [0.717, 1.165) is 44.4 Å². The molecular weight excluding hydrogens is 293 g/mol. The first kappa shape index (κ1) is 15.3. The largest absolute Gasteiger partial charge is 0.417 e. The Labute approximate surface area is 127 Å². The van der Waals surface area contributed by atoms with Crippen LogP contribution in [0.3, 0.4) is 0 Å². The normalized spacial score (nSPS) is 31.2. The van der Waals surface area contributed by atoms with Crippen LogP contribution in [0, 0.1) is 17.3 Å². The Morgan fingerprint density at radius 3 is 2.50 bits per heavy atom. The molecule has 120 valence electrons. The number of hydrogen-bond acceptors (Lipinski definition) is 2. The topological polar surface area (TPSA) is 56.0 Å². The molecule has 4 rings (SSSR count). The predicted molar refractivity (Wildman–Crippen MR) is 74.6 cm³/mol. The number of primary amides is 1.